The first-order chi connectivity index (χ1) is 6.76. The molecule has 0 aliphatic carbocycles. The molecule has 1 atom stereocenters. The van der Waals surface area contributed by atoms with E-state index in [9.17, 15) is 0 Å². The van der Waals surface area contributed by atoms with Crippen molar-refractivity contribution in [2.24, 2.45) is 0 Å². The minimum absolute atomic E-state index is 0.181. The first-order valence-electron chi connectivity index (χ1n) is 4.74. The zero-order chi connectivity index (χ0) is 10.4. The van der Waals surface area contributed by atoms with Gasteiger partial charge in [0.2, 0.25) is 0 Å². The fraction of sp³-hybridized carbons (Fsp3) is 0.455. The molecule has 0 radical (unpaired) electrons. The lowest BCUT2D eigenvalue weighted by atomic mass is 10.2. The summed E-state index contributed by atoms with van der Waals surface area (Å²) in [6.45, 7) is 2.28. The van der Waals surface area contributed by atoms with Crippen LogP contribution >= 0.6 is 11.8 Å². The third-order valence-electron chi connectivity index (χ3n) is 2.07. The fourth-order valence-corrected chi connectivity index (χ4v) is 2.24. The summed E-state index contributed by atoms with van der Waals surface area (Å²) < 4.78 is 0. The van der Waals surface area contributed by atoms with Crippen LogP contribution in [0.25, 0.3) is 0 Å². The van der Waals surface area contributed by atoms with Crippen LogP contribution in [-0.4, -0.2) is 30.6 Å². The second kappa shape index (κ2) is 6.06. The van der Waals surface area contributed by atoms with Crippen molar-refractivity contribution in [2.75, 3.05) is 19.4 Å². The average Bonchev–Trinajstić information content (AvgIpc) is 2.19. The Kier molecular flexibility index (Phi) is 5.01. The highest BCUT2D eigenvalue weighted by Gasteiger charge is 2.04. The van der Waals surface area contributed by atoms with Crippen LogP contribution in [0.15, 0.2) is 29.2 Å². The van der Waals surface area contributed by atoms with Crippen molar-refractivity contribution in [3.05, 3.63) is 29.8 Å². The molecule has 0 bridgehead atoms. The first-order valence-corrected chi connectivity index (χ1v) is 5.72. The number of aliphatic hydroxyl groups excluding tert-OH is 1. The van der Waals surface area contributed by atoms with E-state index < -0.39 is 0 Å². The lowest BCUT2D eigenvalue weighted by Gasteiger charge is -2.12. The minimum atomic E-state index is 0.181. The second-order valence-corrected chi connectivity index (χ2v) is 4.39. The van der Waals surface area contributed by atoms with E-state index in [0.29, 0.717) is 0 Å². The van der Waals surface area contributed by atoms with Gasteiger partial charge in [-0.3, -0.25) is 0 Å². The number of likely N-dealkylation sites (N-methyl/N-ethyl adjacent to an activating group) is 1. The molecule has 0 aliphatic rings. The predicted octanol–water partition coefficient (Wildman–Crippen LogP) is 1.67. The van der Waals surface area contributed by atoms with Crippen molar-refractivity contribution in [1.82, 2.24) is 5.32 Å². The zero-order valence-corrected chi connectivity index (χ0v) is 9.47. The van der Waals surface area contributed by atoms with Crippen molar-refractivity contribution < 1.29 is 5.11 Å². The molecule has 0 amide bonds. The molecule has 0 saturated heterocycles. The minimum Gasteiger partial charge on any atom is -0.395 e. The Balaban J connectivity index is 2.44. The summed E-state index contributed by atoms with van der Waals surface area (Å²) in [5.74, 6) is 0.899. The highest BCUT2D eigenvalue weighted by Crippen LogP contribution is 2.19. The second-order valence-electron chi connectivity index (χ2n) is 3.30. The van der Waals surface area contributed by atoms with Crippen LogP contribution < -0.4 is 5.32 Å². The standard InChI is InChI=1S/C11H17NOS/c1-9-4-3-5-11(6-9)14-8-10(7-13)12-2/h3-6,10,12-13H,7-8H2,1-2H3. The molecule has 14 heavy (non-hydrogen) atoms. The summed E-state index contributed by atoms with van der Waals surface area (Å²) >= 11 is 1.77. The summed E-state index contributed by atoms with van der Waals surface area (Å²) in [6.07, 6.45) is 0. The Morgan fingerprint density at radius 2 is 2.29 bits per heavy atom. The molecule has 1 rings (SSSR count). The lowest BCUT2D eigenvalue weighted by molar-refractivity contribution is 0.260. The molecule has 0 saturated carbocycles. The number of hydrogen-bond donors (Lipinski definition) is 2. The van der Waals surface area contributed by atoms with E-state index in [1.807, 2.05) is 7.05 Å². The third-order valence-corrected chi connectivity index (χ3v) is 3.23. The number of thioether (sulfide) groups is 1. The largest absolute Gasteiger partial charge is 0.395 e. The van der Waals surface area contributed by atoms with Gasteiger partial charge in [0, 0.05) is 16.7 Å². The van der Waals surface area contributed by atoms with Gasteiger partial charge in [0.15, 0.2) is 0 Å². The van der Waals surface area contributed by atoms with E-state index in [0.717, 1.165) is 5.75 Å². The molecule has 0 heterocycles. The van der Waals surface area contributed by atoms with Gasteiger partial charge in [-0.1, -0.05) is 17.7 Å². The molecular weight excluding hydrogens is 194 g/mol. The summed E-state index contributed by atoms with van der Waals surface area (Å²) in [5, 5.41) is 12.0. The highest BCUT2D eigenvalue weighted by molar-refractivity contribution is 7.99. The van der Waals surface area contributed by atoms with Crippen molar-refractivity contribution in [1.29, 1.82) is 0 Å². The van der Waals surface area contributed by atoms with Gasteiger partial charge in [-0.2, -0.15) is 0 Å². The molecular formula is C11H17NOS. The van der Waals surface area contributed by atoms with Crippen LogP contribution in [-0.2, 0) is 0 Å². The summed E-state index contributed by atoms with van der Waals surface area (Å²) in [7, 11) is 1.87. The lowest BCUT2D eigenvalue weighted by Crippen LogP contribution is -2.31. The summed E-state index contributed by atoms with van der Waals surface area (Å²) in [4.78, 5) is 1.26. The number of hydrogen-bond acceptors (Lipinski definition) is 3. The van der Waals surface area contributed by atoms with E-state index in [2.05, 4.69) is 36.5 Å². The number of aliphatic hydroxyl groups is 1. The van der Waals surface area contributed by atoms with Crippen LogP contribution in [0.1, 0.15) is 5.56 Å². The number of nitrogens with one attached hydrogen (secondary N) is 1. The molecule has 2 N–H and O–H groups in total. The zero-order valence-electron chi connectivity index (χ0n) is 8.66. The monoisotopic (exact) mass is 211 g/mol. The quantitative estimate of drug-likeness (QED) is 0.727. The average molecular weight is 211 g/mol. The molecule has 78 valence electrons. The van der Waals surface area contributed by atoms with Crippen LogP contribution in [0.3, 0.4) is 0 Å². The van der Waals surface area contributed by atoms with E-state index in [-0.39, 0.29) is 12.6 Å². The molecule has 0 fully saturated rings. The maximum Gasteiger partial charge on any atom is 0.0592 e. The topological polar surface area (TPSA) is 32.3 Å². The van der Waals surface area contributed by atoms with Crippen LogP contribution in [0.5, 0.6) is 0 Å². The van der Waals surface area contributed by atoms with Gasteiger partial charge in [0.05, 0.1) is 6.61 Å². The molecule has 2 nitrogen and oxygen atoms in total. The smallest absolute Gasteiger partial charge is 0.0592 e. The van der Waals surface area contributed by atoms with E-state index in [1.165, 1.54) is 10.5 Å². The van der Waals surface area contributed by atoms with Gasteiger partial charge in [0.1, 0.15) is 0 Å². The predicted molar refractivity (Wildman–Crippen MR) is 61.8 cm³/mol. The molecule has 1 unspecified atom stereocenters. The molecule has 1 aromatic carbocycles. The first kappa shape index (κ1) is 11.6. The van der Waals surface area contributed by atoms with Gasteiger partial charge >= 0.3 is 0 Å². The molecule has 0 spiro atoms. The SMILES string of the molecule is CNC(CO)CSc1cccc(C)c1. The van der Waals surface area contributed by atoms with E-state index in [4.69, 9.17) is 5.11 Å². The highest BCUT2D eigenvalue weighted by atomic mass is 32.2. The van der Waals surface area contributed by atoms with Crippen LogP contribution in [0, 0.1) is 6.92 Å². The van der Waals surface area contributed by atoms with Crippen molar-refractivity contribution in [2.45, 2.75) is 17.9 Å². The Hall–Kier alpha value is -0.510. The van der Waals surface area contributed by atoms with Crippen LogP contribution in [0.4, 0.5) is 0 Å². The number of rotatable bonds is 5. The summed E-state index contributed by atoms with van der Waals surface area (Å²) in [6, 6.07) is 8.59. The third kappa shape index (κ3) is 3.70. The number of benzene rings is 1. The Morgan fingerprint density at radius 3 is 2.86 bits per heavy atom. The van der Waals surface area contributed by atoms with Crippen molar-refractivity contribution in [3.63, 3.8) is 0 Å². The Labute approximate surface area is 89.7 Å². The van der Waals surface area contributed by atoms with Gasteiger partial charge in [-0.05, 0) is 26.1 Å². The van der Waals surface area contributed by atoms with Gasteiger partial charge in [0.25, 0.3) is 0 Å². The molecule has 3 heteroatoms. The van der Waals surface area contributed by atoms with E-state index in [1.54, 1.807) is 11.8 Å². The normalized spacial score (nSPS) is 12.8. The fourth-order valence-electron chi connectivity index (χ4n) is 1.13. The maximum atomic E-state index is 8.98. The Bertz CT molecular complexity index is 274. The molecule has 0 aromatic heterocycles. The van der Waals surface area contributed by atoms with Gasteiger partial charge < -0.3 is 10.4 Å². The number of aryl methyl sites for hydroxylation is 1. The van der Waals surface area contributed by atoms with Crippen molar-refractivity contribution in [3.8, 4) is 0 Å². The van der Waals surface area contributed by atoms with Gasteiger partial charge in [-0.25, -0.2) is 0 Å². The van der Waals surface area contributed by atoms with Crippen LogP contribution in [0.2, 0.25) is 0 Å². The molecule has 0 aliphatic heterocycles. The summed E-state index contributed by atoms with van der Waals surface area (Å²) in [5.41, 5.74) is 1.28. The van der Waals surface area contributed by atoms with Gasteiger partial charge in [-0.15, -0.1) is 11.8 Å². The molecule has 1 aromatic rings. The Morgan fingerprint density at radius 1 is 1.50 bits per heavy atom. The van der Waals surface area contributed by atoms with E-state index >= 15 is 0 Å². The maximum absolute atomic E-state index is 8.98. The van der Waals surface area contributed by atoms with Crippen molar-refractivity contribution >= 4 is 11.8 Å².